The number of carboxylic acid groups (broad SMARTS) is 1. The Bertz CT molecular complexity index is 402. The van der Waals surface area contributed by atoms with E-state index in [1.165, 1.54) is 6.07 Å². The highest BCUT2D eigenvalue weighted by atomic mass is 35.5. The van der Waals surface area contributed by atoms with E-state index in [1.54, 1.807) is 12.1 Å². The van der Waals surface area contributed by atoms with Gasteiger partial charge < -0.3 is 10.0 Å². The topological polar surface area (TPSA) is 40.5 Å². The van der Waals surface area contributed by atoms with Gasteiger partial charge in [0.1, 0.15) is 0 Å². The molecule has 0 aromatic heterocycles. The van der Waals surface area contributed by atoms with Crippen molar-refractivity contribution in [2.75, 3.05) is 11.9 Å². The minimum absolute atomic E-state index is 0.219. The molecule has 1 rings (SSSR count). The molecule has 0 spiro atoms. The van der Waals surface area contributed by atoms with Gasteiger partial charge in [-0.1, -0.05) is 25.4 Å². The second-order valence-electron chi connectivity index (χ2n) is 4.05. The summed E-state index contributed by atoms with van der Waals surface area (Å²) in [6, 6.07) is 5.27. The van der Waals surface area contributed by atoms with Crippen LogP contribution in [0.5, 0.6) is 0 Å². The van der Waals surface area contributed by atoms with E-state index in [0.29, 0.717) is 11.1 Å². The van der Waals surface area contributed by atoms with Gasteiger partial charge in [-0.2, -0.15) is 0 Å². The fourth-order valence-electron chi connectivity index (χ4n) is 1.96. The lowest BCUT2D eigenvalue weighted by atomic mass is 10.1. The lowest BCUT2D eigenvalue weighted by molar-refractivity contribution is 0.0697. The summed E-state index contributed by atoms with van der Waals surface area (Å²) in [5.41, 5.74) is 1.10. The molecule has 1 aromatic rings. The van der Waals surface area contributed by atoms with Gasteiger partial charge in [0.25, 0.3) is 0 Å². The van der Waals surface area contributed by atoms with Gasteiger partial charge in [0.05, 0.1) is 16.3 Å². The first-order valence-corrected chi connectivity index (χ1v) is 6.14. The standard InChI is InChI=1S/C13H18ClNO2/c1-4-10(5-2)15(3)12-7-6-9(13(16)17)8-11(12)14/h6-8,10H,4-5H2,1-3H3,(H,16,17). The minimum atomic E-state index is -0.955. The van der Waals surface area contributed by atoms with Crippen LogP contribution in [0.4, 0.5) is 5.69 Å². The van der Waals surface area contributed by atoms with Crippen molar-refractivity contribution in [3.63, 3.8) is 0 Å². The molecular formula is C13H18ClNO2. The van der Waals surface area contributed by atoms with Gasteiger partial charge in [-0.15, -0.1) is 0 Å². The summed E-state index contributed by atoms with van der Waals surface area (Å²) in [5.74, 6) is -0.955. The quantitative estimate of drug-likeness (QED) is 0.873. The van der Waals surface area contributed by atoms with Crippen LogP contribution in [0.2, 0.25) is 5.02 Å². The molecular weight excluding hydrogens is 238 g/mol. The number of halogens is 1. The maximum absolute atomic E-state index is 10.8. The monoisotopic (exact) mass is 255 g/mol. The Morgan fingerprint density at radius 2 is 2.00 bits per heavy atom. The molecule has 94 valence electrons. The van der Waals surface area contributed by atoms with Crippen LogP contribution >= 0.6 is 11.6 Å². The molecule has 0 radical (unpaired) electrons. The van der Waals surface area contributed by atoms with Crippen LogP contribution in [0.3, 0.4) is 0 Å². The molecule has 0 heterocycles. The molecule has 1 aromatic carbocycles. The van der Waals surface area contributed by atoms with Crippen LogP contribution in [0, 0.1) is 0 Å². The van der Waals surface area contributed by atoms with Crippen molar-refractivity contribution in [3.8, 4) is 0 Å². The normalized spacial score (nSPS) is 10.6. The molecule has 0 aliphatic rings. The van der Waals surface area contributed by atoms with Crippen molar-refractivity contribution >= 4 is 23.3 Å². The number of rotatable bonds is 5. The molecule has 0 saturated heterocycles. The van der Waals surface area contributed by atoms with Gasteiger partial charge in [0.2, 0.25) is 0 Å². The largest absolute Gasteiger partial charge is 0.478 e. The third-order valence-corrected chi connectivity index (χ3v) is 3.37. The molecule has 0 atom stereocenters. The van der Waals surface area contributed by atoms with Crippen LogP contribution in [0.25, 0.3) is 0 Å². The number of nitrogens with zero attached hydrogens (tertiary/aromatic N) is 1. The Kier molecular flexibility index (Phi) is 4.82. The maximum atomic E-state index is 10.8. The summed E-state index contributed by atoms with van der Waals surface area (Å²) < 4.78 is 0. The van der Waals surface area contributed by atoms with E-state index in [2.05, 4.69) is 18.7 Å². The summed E-state index contributed by atoms with van der Waals surface area (Å²) in [6.07, 6.45) is 2.06. The smallest absolute Gasteiger partial charge is 0.335 e. The Labute approximate surface area is 107 Å². The minimum Gasteiger partial charge on any atom is -0.478 e. The van der Waals surface area contributed by atoms with Gasteiger partial charge in [-0.3, -0.25) is 0 Å². The number of carbonyl (C=O) groups is 1. The zero-order chi connectivity index (χ0) is 13.0. The lowest BCUT2D eigenvalue weighted by Gasteiger charge is -2.29. The van der Waals surface area contributed by atoms with E-state index in [-0.39, 0.29) is 5.56 Å². The van der Waals surface area contributed by atoms with Gasteiger partial charge in [0.15, 0.2) is 0 Å². The number of hydrogen-bond acceptors (Lipinski definition) is 2. The van der Waals surface area contributed by atoms with Crippen LogP contribution < -0.4 is 4.90 Å². The molecule has 17 heavy (non-hydrogen) atoms. The third-order valence-electron chi connectivity index (χ3n) is 3.06. The maximum Gasteiger partial charge on any atom is 0.335 e. The molecule has 3 nitrogen and oxygen atoms in total. The number of carboxylic acids is 1. The molecule has 1 N–H and O–H groups in total. The van der Waals surface area contributed by atoms with E-state index in [1.807, 2.05) is 7.05 Å². The highest BCUT2D eigenvalue weighted by Crippen LogP contribution is 2.28. The molecule has 0 aliphatic heterocycles. The van der Waals surface area contributed by atoms with Gasteiger partial charge >= 0.3 is 5.97 Å². The third kappa shape index (κ3) is 3.13. The first-order chi connectivity index (χ1) is 8.01. The van der Waals surface area contributed by atoms with Crippen molar-refractivity contribution in [2.45, 2.75) is 32.7 Å². The zero-order valence-corrected chi connectivity index (χ0v) is 11.2. The van der Waals surface area contributed by atoms with E-state index in [4.69, 9.17) is 16.7 Å². The molecule has 0 unspecified atom stereocenters. The van der Waals surface area contributed by atoms with Crippen molar-refractivity contribution in [1.82, 2.24) is 0 Å². The Balaban J connectivity index is 3.03. The number of hydrogen-bond donors (Lipinski definition) is 1. The van der Waals surface area contributed by atoms with Crippen molar-refractivity contribution in [1.29, 1.82) is 0 Å². The van der Waals surface area contributed by atoms with E-state index in [9.17, 15) is 4.79 Å². The van der Waals surface area contributed by atoms with Crippen molar-refractivity contribution < 1.29 is 9.90 Å². The second-order valence-corrected chi connectivity index (χ2v) is 4.46. The molecule has 0 amide bonds. The first kappa shape index (κ1) is 13.8. The average Bonchev–Trinajstić information content (AvgIpc) is 2.30. The van der Waals surface area contributed by atoms with Gasteiger partial charge in [-0.05, 0) is 31.0 Å². The summed E-state index contributed by atoms with van der Waals surface area (Å²) in [5, 5.41) is 9.35. The average molecular weight is 256 g/mol. The second kappa shape index (κ2) is 5.92. The summed E-state index contributed by atoms with van der Waals surface area (Å²) >= 11 is 6.12. The zero-order valence-electron chi connectivity index (χ0n) is 10.4. The van der Waals surface area contributed by atoms with Crippen LogP contribution in [0.1, 0.15) is 37.0 Å². The van der Waals surface area contributed by atoms with Crippen molar-refractivity contribution in [2.24, 2.45) is 0 Å². The number of anilines is 1. The molecule has 0 fully saturated rings. The van der Waals surface area contributed by atoms with Gasteiger partial charge in [0, 0.05) is 13.1 Å². The molecule has 0 bridgehead atoms. The Morgan fingerprint density at radius 3 is 2.41 bits per heavy atom. The highest BCUT2D eigenvalue weighted by molar-refractivity contribution is 6.33. The SMILES string of the molecule is CCC(CC)N(C)c1ccc(C(=O)O)cc1Cl. The van der Waals surface area contributed by atoms with E-state index < -0.39 is 5.97 Å². The van der Waals surface area contributed by atoms with E-state index in [0.717, 1.165) is 18.5 Å². The summed E-state index contributed by atoms with van der Waals surface area (Å²) in [4.78, 5) is 12.9. The fraction of sp³-hybridized carbons (Fsp3) is 0.462. The molecule has 4 heteroatoms. The molecule has 0 saturated carbocycles. The predicted molar refractivity (Wildman–Crippen MR) is 71.2 cm³/mol. The summed E-state index contributed by atoms with van der Waals surface area (Å²) in [6.45, 7) is 4.26. The van der Waals surface area contributed by atoms with Crippen LogP contribution in [0.15, 0.2) is 18.2 Å². The highest BCUT2D eigenvalue weighted by Gasteiger charge is 2.15. The van der Waals surface area contributed by atoms with E-state index >= 15 is 0 Å². The Hall–Kier alpha value is -1.22. The fourth-order valence-corrected chi connectivity index (χ4v) is 2.27. The number of benzene rings is 1. The van der Waals surface area contributed by atoms with Crippen LogP contribution in [-0.2, 0) is 0 Å². The van der Waals surface area contributed by atoms with Gasteiger partial charge in [-0.25, -0.2) is 4.79 Å². The Morgan fingerprint density at radius 1 is 1.41 bits per heavy atom. The summed E-state index contributed by atoms with van der Waals surface area (Å²) in [7, 11) is 1.99. The predicted octanol–water partition coefficient (Wildman–Crippen LogP) is 3.66. The van der Waals surface area contributed by atoms with Crippen molar-refractivity contribution in [3.05, 3.63) is 28.8 Å². The lowest BCUT2D eigenvalue weighted by Crippen LogP contribution is -2.30. The molecule has 0 aliphatic carbocycles. The van der Waals surface area contributed by atoms with Crippen LogP contribution in [-0.4, -0.2) is 24.2 Å². The first-order valence-electron chi connectivity index (χ1n) is 5.76. The number of aromatic carboxylic acids is 1.